The lowest BCUT2D eigenvalue weighted by atomic mass is 9.52. The first-order chi connectivity index (χ1) is 14.0. The molecule has 0 bridgehead atoms. The lowest BCUT2D eigenvalue weighted by molar-refractivity contribution is -0.151. The molecule has 30 heavy (non-hydrogen) atoms. The number of rotatable bonds is 9. The maximum absolute atomic E-state index is 12.2. The second-order valence-corrected chi connectivity index (χ2v) is 10.6. The van der Waals surface area contributed by atoms with Crippen molar-refractivity contribution in [1.82, 2.24) is 0 Å². The molecule has 1 fully saturated rings. The Kier molecular flexibility index (Phi) is 8.55. The Hall–Kier alpha value is -1.36. The fourth-order valence-corrected chi connectivity index (χ4v) is 5.37. The summed E-state index contributed by atoms with van der Waals surface area (Å²) in [6.45, 7) is 12.8. The van der Waals surface area contributed by atoms with Gasteiger partial charge in [-0.05, 0) is 67.1 Å². The van der Waals surface area contributed by atoms with E-state index >= 15 is 0 Å². The van der Waals surface area contributed by atoms with Gasteiger partial charge in [-0.15, -0.1) is 0 Å². The molecule has 1 saturated carbocycles. The summed E-state index contributed by atoms with van der Waals surface area (Å²) in [4.78, 5) is 22.9. The Bertz CT molecular complexity index is 637. The van der Waals surface area contributed by atoms with Crippen LogP contribution in [0.15, 0.2) is 11.6 Å². The van der Waals surface area contributed by atoms with Crippen LogP contribution >= 0.6 is 0 Å². The first-order valence-corrected chi connectivity index (χ1v) is 11.6. The Morgan fingerprint density at radius 1 is 1.20 bits per heavy atom. The van der Waals surface area contributed by atoms with Gasteiger partial charge in [0, 0.05) is 13.3 Å². The van der Waals surface area contributed by atoms with Crippen LogP contribution in [0.3, 0.4) is 0 Å². The molecule has 0 saturated heterocycles. The highest BCUT2D eigenvalue weighted by Gasteiger charge is 2.47. The maximum atomic E-state index is 12.2. The van der Waals surface area contributed by atoms with Gasteiger partial charge >= 0.3 is 11.9 Å². The molecule has 0 spiro atoms. The molecule has 2 aliphatic rings. The minimum atomic E-state index is -0.978. The number of carbonyl (C=O) groups excluding carboxylic acids is 2. The van der Waals surface area contributed by atoms with E-state index in [1.165, 1.54) is 32.6 Å². The molecule has 172 valence electrons. The van der Waals surface area contributed by atoms with Gasteiger partial charge in [0.15, 0.2) is 0 Å². The minimum absolute atomic E-state index is 0.142. The monoisotopic (exact) mass is 422 g/mol. The van der Waals surface area contributed by atoms with E-state index in [0.717, 1.165) is 12.8 Å². The van der Waals surface area contributed by atoms with Crippen molar-refractivity contribution in [2.75, 3.05) is 13.2 Å². The number of aliphatic hydroxyl groups is 1. The molecule has 0 aromatic carbocycles. The van der Waals surface area contributed by atoms with E-state index in [4.69, 9.17) is 9.47 Å². The van der Waals surface area contributed by atoms with Crippen molar-refractivity contribution in [3.8, 4) is 0 Å². The van der Waals surface area contributed by atoms with Gasteiger partial charge in [0.2, 0.25) is 0 Å². The first kappa shape index (κ1) is 24.9. The maximum Gasteiger partial charge on any atom is 0.306 e. The van der Waals surface area contributed by atoms with Crippen LogP contribution in [0.4, 0.5) is 0 Å². The van der Waals surface area contributed by atoms with Crippen LogP contribution in [0.5, 0.6) is 0 Å². The van der Waals surface area contributed by atoms with Crippen molar-refractivity contribution in [3.63, 3.8) is 0 Å². The number of ether oxygens (including phenoxy) is 2. The molecular weight excluding hydrogens is 380 g/mol. The van der Waals surface area contributed by atoms with Gasteiger partial charge in [-0.2, -0.15) is 0 Å². The fraction of sp³-hybridized carbons (Fsp3) is 0.840. The number of hydrogen-bond acceptors (Lipinski definition) is 5. The molecule has 0 radical (unpaired) electrons. The Balaban J connectivity index is 1.85. The molecule has 0 amide bonds. The van der Waals surface area contributed by atoms with E-state index < -0.39 is 12.1 Å². The van der Waals surface area contributed by atoms with Crippen molar-refractivity contribution in [1.29, 1.82) is 0 Å². The molecule has 2 rings (SSSR count). The van der Waals surface area contributed by atoms with Crippen LogP contribution in [0, 0.1) is 28.6 Å². The summed E-state index contributed by atoms with van der Waals surface area (Å²) in [5, 5.41) is 9.71. The average Bonchev–Trinajstić information content (AvgIpc) is 2.66. The van der Waals surface area contributed by atoms with Crippen LogP contribution in [-0.4, -0.2) is 36.4 Å². The highest BCUT2D eigenvalue weighted by molar-refractivity contribution is 5.69. The van der Waals surface area contributed by atoms with Crippen LogP contribution in [0.1, 0.15) is 86.5 Å². The normalized spacial score (nSPS) is 29.9. The lowest BCUT2D eigenvalue weighted by Gasteiger charge is -2.53. The smallest absolute Gasteiger partial charge is 0.306 e. The highest BCUT2D eigenvalue weighted by atomic mass is 16.6. The number of carbonyl (C=O) groups is 2. The van der Waals surface area contributed by atoms with Crippen molar-refractivity contribution in [2.24, 2.45) is 28.6 Å². The van der Waals surface area contributed by atoms with E-state index in [1.807, 2.05) is 0 Å². The van der Waals surface area contributed by atoms with Crippen molar-refractivity contribution in [2.45, 2.75) is 92.6 Å². The number of hydrogen-bond donors (Lipinski definition) is 1. The number of esters is 2. The van der Waals surface area contributed by atoms with Crippen molar-refractivity contribution in [3.05, 3.63) is 11.6 Å². The lowest BCUT2D eigenvalue weighted by Crippen LogP contribution is -2.43. The third kappa shape index (κ3) is 6.32. The van der Waals surface area contributed by atoms with Crippen LogP contribution in [0.25, 0.3) is 0 Å². The third-order valence-corrected chi connectivity index (χ3v) is 7.69. The fourth-order valence-electron chi connectivity index (χ4n) is 5.37. The number of fused-ring (bicyclic) bond motifs is 1. The molecule has 0 aromatic rings. The summed E-state index contributed by atoms with van der Waals surface area (Å²) in [6.07, 6.45) is 9.00. The number of aliphatic hydroxyl groups excluding tert-OH is 1. The summed E-state index contributed by atoms with van der Waals surface area (Å²) in [5.41, 5.74) is 2.26. The third-order valence-electron chi connectivity index (χ3n) is 7.69. The quantitative estimate of drug-likeness (QED) is 0.415. The summed E-state index contributed by atoms with van der Waals surface area (Å²) < 4.78 is 9.88. The molecule has 5 atom stereocenters. The van der Waals surface area contributed by atoms with E-state index in [-0.39, 0.29) is 30.5 Å². The van der Waals surface area contributed by atoms with Crippen molar-refractivity contribution >= 4 is 11.9 Å². The summed E-state index contributed by atoms with van der Waals surface area (Å²) in [7, 11) is 0. The highest BCUT2D eigenvalue weighted by Crippen LogP contribution is 2.58. The zero-order valence-electron chi connectivity index (χ0n) is 19.8. The summed E-state index contributed by atoms with van der Waals surface area (Å²) in [5.74, 6) is 0.806. The SMILES string of the molecule is CC(=O)OCC(O)COC(=O)CC(C)CCC1(C)C2=CCCC(C)(C)C2CCC1C. The topological polar surface area (TPSA) is 72.8 Å². The molecule has 0 aliphatic heterocycles. The van der Waals surface area contributed by atoms with Gasteiger partial charge in [0.25, 0.3) is 0 Å². The Morgan fingerprint density at radius 2 is 1.87 bits per heavy atom. The van der Waals surface area contributed by atoms with Crippen LogP contribution < -0.4 is 0 Å². The number of allylic oxidation sites excluding steroid dienone is 2. The zero-order chi connectivity index (χ0) is 22.5. The minimum Gasteiger partial charge on any atom is -0.463 e. The molecule has 0 heterocycles. The molecule has 5 nitrogen and oxygen atoms in total. The molecule has 5 unspecified atom stereocenters. The van der Waals surface area contributed by atoms with E-state index in [2.05, 4.69) is 40.7 Å². The Morgan fingerprint density at radius 3 is 2.53 bits per heavy atom. The predicted octanol–water partition coefficient (Wildman–Crippen LogP) is 5.06. The largest absolute Gasteiger partial charge is 0.463 e. The van der Waals surface area contributed by atoms with Gasteiger partial charge in [0.1, 0.15) is 19.3 Å². The summed E-state index contributed by atoms with van der Waals surface area (Å²) >= 11 is 0. The second kappa shape index (κ2) is 10.3. The summed E-state index contributed by atoms with van der Waals surface area (Å²) in [6, 6.07) is 0. The molecule has 2 aliphatic carbocycles. The van der Waals surface area contributed by atoms with E-state index in [0.29, 0.717) is 23.7 Å². The zero-order valence-corrected chi connectivity index (χ0v) is 19.8. The van der Waals surface area contributed by atoms with Gasteiger partial charge in [-0.25, -0.2) is 0 Å². The standard InChI is InChI=1S/C25H42O5/c1-17(14-23(28)30-16-20(27)15-29-19(3)26)11-13-25(6)18(2)9-10-21-22(25)8-7-12-24(21,4)5/h8,17-18,20-21,27H,7,9-16H2,1-6H3. The molecule has 5 heteroatoms. The molecular formula is C25H42O5. The second-order valence-electron chi connectivity index (χ2n) is 10.6. The predicted molar refractivity (Wildman–Crippen MR) is 118 cm³/mol. The molecule has 1 N–H and O–H groups in total. The van der Waals surface area contributed by atoms with E-state index in [9.17, 15) is 14.7 Å². The van der Waals surface area contributed by atoms with Gasteiger partial charge in [-0.1, -0.05) is 46.3 Å². The van der Waals surface area contributed by atoms with Crippen LogP contribution in [0.2, 0.25) is 0 Å². The Labute approximate surface area is 182 Å². The van der Waals surface area contributed by atoms with Gasteiger partial charge in [0.05, 0.1) is 0 Å². The molecule has 0 aromatic heterocycles. The van der Waals surface area contributed by atoms with Crippen molar-refractivity contribution < 1.29 is 24.2 Å². The van der Waals surface area contributed by atoms with Gasteiger partial charge in [-0.3, -0.25) is 9.59 Å². The van der Waals surface area contributed by atoms with E-state index in [1.54, 1.807) is 5.57 Å². The average molecular weight is 423 g/mol. The van der Waals surface area contributed by atoms with Crippen LogP contribution in [-0.2, 0) is 19.1 Å². The first-order valence-electron chi connectivity index (χ1n) is 11.6. The van der Waals surface area contributed by atoms with Gasteiger partial charge < -0.3 is 14.6 Å².